The Kier molecular flexibility index (Phi) is 3.96. The van der Waals surface area contributed by atoms with Crippen LogP contribution in [0.5, 0.6) is 0 Å². The molecule has 0 aromatic heterocycles. The molecular formula is C8H11ClO3. The summed E-state index contributed by atoms with van der Waals surface area (Å²) in [4.78, 5) is 21.0. The van der Waals surface area contributed by atoms with Gasteiger partial charge in [-0.2, -0.15) is 0 Å². The second-order valence-corrected chi connectivity index (χ2v) is 3.54. The summed E-state index contributed by atoms with van der Waals surface area (Å²) >= 11 is 4.96. The van der Waals surface area contributed by atoms with E-state index in [1.807, 2.05) is 0 Å². The van der Waals surface area contributed by atoms with Crippen molar-refractivity contribution in [2.24, 2.45) is 0 Å². The topological polar surface area (TPSA) is 43.4 Å². The lowest BCUT2D eigenvalue weighted by Crippen LogP contribution is -2.22. The number of carbonyl (C=O) groups is 2. The summed E-state index contributed by atoms with van der Waals surface area (Å²) in [6.07, 6.45) is 1.95. The molecule has 0 unspecified atom stereocenters. The molecule has 0 aliphatic carbocycles. The Bertz CT molecular complexity index is 213. The van der Waals surface area contributed by atoms with Crippen molar-refractivity contribution in [3.05, 3.63) is 12.2 Å². The number of ether oxygens (including phenoxy) is 1. The third-order valence-electron chi connectivity index (χ3n) is 0.757. The molecule has 0 rings (SSSR count). The monoisotopic (exact) mass is 190 g/mol. The SMILES string of the molecule is CC(C)(C)OC(=O)/C=C/C(=O)Cl. The summed E-state index contributed by atoms with van der Waals surface area (Å²) in [6.45, 7) is 5.21. The van der Waals surface area contributed by atoms with E-state index in [9.17, 15) is 9.59 Å². The zero-order chi connectivity index (χ0) is 9.78. The molecule has 0 bridgehead atoms. The molecular weight excluding hydrogens is 180 g/mol. The number of allylic oxidation sites excluding steroid dienone is 1. The van der Waals surface area contributed by atoms with Crippen LogP contribution in [0.25, 0.3) is 0 Å². The average molecular weight is 191 g/mol. The molecule has 0 amide bonds. The van der Waals surface area contributed by atoms with Gasteiger partial charge in [0.05, 0.1) is 0 Å². The molecule has 12 heavy (non-hydrogen) atoms. The molecule has 3 nitrogen and oxygen atoms in total. The van der Waals surface area contributed by atoms with E-state index < -0.39 is 16.8 Å². The lowest BCUT2D eigenvalue weighted by atomic mass is 10.2. The highest BCUT2D eigenvalue weighted by atomic mass is 35.5. The molecule has 0 saturated heterocycles. The van der Waals surface area contributed by atoms with Crippen LogP contribution in [0.15, 0.2) is 12.2 Å². The molecule has 0 aliphatic heterocycles. The van der Waals surface area contributed by atoms with Crippen molar-refractivity contribution in [3.8, 4) is 0 Å². The Morgan fingerprint density at radius 2 is 1.75 bits per heavy atom. The van der Waals surface area contributed by atoms with Crippen molar-refractivity contribution in [3.63, 3.8) is 0 Å². The minimum absolute atomic E-state index is 0.545. The van der Waals surface area contributed by atoms with Gasteiger partial charge in [0.25, 0.3) is 0 Å². The zero-order valence-corrected chi connectivity index (χ0v) is 8.01. The predicted molar refractivity (Wildman–Crippen MR) is 45.8 cm³/mol. The largest absolute Gasteiger partial charge is 0.457 e. The zero-order valence-electron chi connectivity index (χ0n) is 7.26. The van der Waals surface area contributed by atoms with Crippen molar-refractivity contribution in [1.29, 1.82) is 0 Å². The van der Waals surface area contributed by atoms with Gasteiger partial charge in [-0.15, -0.1) is 0 Å². The number of rotatable bonds is 2. The molecule has 0 aromatic carbocycles. The molecule has 0 radical (unpaired) electrons. The highest BCUT2D eigenvalue weighted by Gasteiger charge is 2.13. The van der Waals surface area contributed by atoms with Crippen LogP contribution in [0.3, 0.4) is 0 Å². The number of carbonyl (C=O) groups excluding carboxylic acids is 2. The van der Waals surface area contributed by atoms with Gasteiger partial charge in [-0.05, 0) is 32.4 Å². The van der Waals surface area contributed by atoms with Crippen molar-refractivity contribution >= 4 is 22.8 Å². The Morgan fingerprint density at radius 1 is 1.25 bits per heavy atom. The van der Waals surface area contributed by atoms with Crippen LogP contribution < -0.4 is 0 Å². The standard InChI is InChI=1S/C8H11ClO3/c1-8(2,3)12-7(11)5-4-6(9)10/h4-5H,1-3H3/b5-4+. The van der Waals surface area contributed by atoms with E-state index in [2.05, 4.69) is 0 Å². The molecule has 0 N–H and O–H groups in total. The van der Waals surface area contributed by atoms with E-state index in [0.29, 0.717) is 0 Å². The number of hydrogen-bond donors (Lipinski definition) is 0. The number of hydrogen-bond acceptors (Lipinski definition) is 3. The van der Waals surface area contributed by atoms with Crippen LogP contribution in [-0.4, -0.2) is 16.8 Å². The van der Waals surface area contributed by atoms with E-state index in [1.165, 1.54) is 0 Å². The summed E-state index contributed by atoms with van der Waals surface area (Å²) in [7, 11) is 0. The van der Waals surface area contributed by atoms with Crippen LogP contribution in [0, 0.1) is 0 Å². The average Bonchev–Trinajstić information content (AvgIpc) is 1.79. The fourth-order valence-electron chi connectivity index (χ4n) is 0.469. The fourth-order valence-corrected chi connectivity index (χ4v) is 0.532. The van der Waals surface area contributed by atoms with E-state index >= 15 is 0 Å². The van der Waals surface area contributed by atoms with Gasteiger partial charge in [0.2, 0.25) is 5.24 Å². The smallest absolute Gasteiger partial charge is 0.331 e. The maximum Gasteiger partial charge on any atom is 0.331 e. The van der Waals surface area contributed by atoms with Crippen molar-refractivity contribution < 1.29 is 14.3 Å². The first-order valence-corrected chi connectivity index (χ1v) is 3.79. The Labute approximate surface area is 76.3 Å². The van der Waals surface area contributed by atoms with Gasteiger partial charge in [0.1, 0.15) is 5.60 Å². The minimum Gasteiger partial charge on any atom is -0.457 e. The highest BCUT2D eigenvalue weighted by molar-refractivity contribution is 6.66. The summed E-state index contributed by atoms with van der Waals surface area (Å²) in [6, 6.07) is 0. The van der Waals surface area contributed by atoms with Crippen LogP contribution in [0.1, 0.15) is 20.8 Å². The fraction of sp³-hybridized carbons (Fsp3) is 0.500. The minimum atomic E-state index is -0.694. The summed E-state index contributed by atoms with van der Waals surface area (Å²) in [5, 5.41) is -0.694. The van der Waals surface area contributed by atoms with Crippen LogP contribution in [0.2, 0.25) is 0 Å². The Hall–Kier alpha value is -0.830. The third-order valence-corrected chi connectivity index (χ3v) is 0.883. The summed E-state index contributed by atoms with van der Waals surface area (Å²) in [5.74, 6) is -0.573. The Morgan fingerprint density at radius 3 is 2.08 bits per heavy atom. The molecule has 0 atom stereocenters. The first kappa shape index (κ1) is 11.2. The number of halogens is 1. The second kappa shape index (κ2) is 4.26. The second-order valence-electron chi connectivity index (χ2n) is 3.17. The van der Waals surface area contributed by atoms with Crippen LogP contribution in [-0.2, 0) is 14.3 Å². The molecule has 0 saturated carbocycles. The van der Waals surface area contributed by atoms with Crippen molar-refractivity contribution in [1.82, 2.24) is 0 Å². The third kappa shape index (κ3) is 7.28. The Balaban J connectivity index is 3.99. The lowest BCUT2D eigenvalue weighted by Gasteiger charge is -2.17. The van der Waals surface area contributed by atoms with Crippen molar-refractivity contribution in [2.75, 3.05) is 0 Å². The van der Waals surface area contributed by atoms with E-state index in [0.717, 1.165) is 12.2 Å². The van der Waals surface area contributed by atoms with E-state index in [-0.39, 0.29) is 0 Å². The van der Waals surface area contributed by atoms with Gasteiger partial charge in [-0.25, -0.2) is 4.79 Å². The lowest BCUT2D eigenvalue weighted by molar-refractivity contribution is -0.148. The molecule has 4 heteroatoms. The molecule has 0 aromatic rings. The summed E-state index contributed by atoms with van der Waals surface area (Å²) in [5.41, 5.74) is -0.545. The van der Waals surface area contributed by atoms with Gasteiger partial charge in [0, 0.05) is 12.2 Å². The van der Waals surface area contributed by atoms with Gasteiger partial charge < -0.3 is 4.74 Å². The van der Waals surface area contributed by atoms with Gasteiger partial charge in [-0.1, -0.05) is 0 Å². The predicted octanol–water partition coefficient (Wildman–Crippen LogP) is 1.65. The molecule has 68 valence electrons. The maximum absolute atomic E-state index is 10.8. The molecule has 0 fully saturated rings. The van der Waals surface area contributed by atoms with Crippen molar-refractivity contribution in [2.45, 2.75) is 26.4 Å². The number of esters is 1. The highest BCUT2D eigenvalue weighted by Crippen LogP contribution is 2.06. The van der Waals surface area contributed by atoms with Gasteiger partial charge >= 0.3 is 5.97 Å². The van der Waals surface area contributed by atoms with E-state index in [1.54, 1.807) is 20.8 Å². The first-order chi connectivity index (χ1) is 5.31. The van der Waals surface area contributed by atoms with Gasteiger partial charge in [-0.3, -0.25) is 4.79 Å². The normalized spacial score (nSPS) is 11.7. The maximum atomic E-state index is 10.8. The van der Waals surface area contributed by atoms with Crippen LogP contribution in [0.4, 0.5) is 0 Å². The summed E-state index contributed by atoms with van der Waals surface area (Å²) < 4.78 is 4.85. The quantitative estimate of drug-likeness (QED) is 0.378. The molecule has 0 spiro atoms. The molecule has 0 aliphatic rings. The molecule has 0 heterocycles. The van der Waals surface area contributed by atoms with Crippen LogP contribution >= 0.6 is 11.6 Å². The first-order valence-electron chi connectivity index (χ1n) is 3.42. The van der Waals surface area contributed by atoms with Gasteiger partial charge in [0.15, 0.2) is 0 Å². The van der Waals surface area contributed by atoms with E-state index in [4.69, 9.17) is 16.3 Å².